The zero-order valence-corrected chi connectivity index (χ0v) is 23.9. The van der Waals surface area contributed by atoms with Gasteiger partial charge in [-0.1, -0.05) is 85.0 Å². The molecule has 8 heteroatoms. The first-order valence-electron chi connectivity index (χ1n) is 12.1. The van der Waals surface area contributed by atoms with Crippen molar-refractivity contribution >= 4 is 46.0 Å². The van der Waals surface area contributed by atoms with Gasteiger partial charge in [0.2, 0.25) is 0 Å². The van der Waals surface area contributed by atoms with Crippen LogP contribution in [0.2, 0.25) is 0 Å². The van der Waals surface area contributed by atoms with E-state index in [1.165, 1.54) is 18.4 Å². The molecule has 0 saturated heterocycles. The Labute approximate surface area is 237 Å². The number of halogens is 1. The predicted octanol–water partition coefficient (Wildman–Crippen LogP) is 4.98. The molecule has 0 spiro atoms. The fraction of sp³-hybridized carbons (Fsp3) is 0.167. The molecule has 0 amide bonds. The van der Waals surface area contributed by atoms with E-state index in [1.54, 1.807) is 4.57 Å². The summed E-state index contributed by atoms with van der Waals surface area (Å²) in [5, 5.41) is 0. The lowest BCUT2D eigenvalue weighted by molar-refractivity contribution is -0.136. The number of carbonyl (C=O) groups is 1. The highest BCUT2D eigenvalue weighted by Gasteiger charge is 2.33. The van der Waals surface area contributed by atoms with Gasteiger partial charge in [0.1, 0.15) is 12.4 Å². The predicted molar refractivity (Wildman–Crippen MR) is 157 cm³/mol. The van der Waals surface area contributed by atoms with Gasteiger partial charge in [-0.2, -0.15) is 0 Å². The Balaban J connectivity index is 1.55. The number of aromatic nitrogens is 1. The second-order valence-electron chi connectivity index (χ2n) is 8.66. The van der Waals surface area contributed by atoms with Gasteiger partial charge in [-0.05, 0) is 63.9 Å². The van der Waals surface area contributed by atoms with E-state index in [2.05, 4.69) is 22.6 Å². The van der Waals surface area contributed by atoms with E-state index in [4.69, 9.17) is 14.5 Å². The number of allylic oxidation sites excluding steroid dienone is 1. The van der Waals surface area contributed by atoms with Crippen molar-refractivity contribution in [1.29, 1.82) is 0 Å². The Morgan fingerprint density at radius 3 is 2.45 bits per heavy atom. The number of benzene rings is 3. The number of hydrogen-bond donors (Lipinski definition) is 0. The molecule has 1 atom stereocenters. The largest absolute Gasteiger partial charge is 0.488 e. The van der Waals surface area contributed by atoms with Gasteiger partial charge in [0.05, 0.1) is 32.5 Å². The van der Waals surface area contributed by atoms with Gasteiger partial charge in [0.25, 0.3) is 5.56 Å². The molecule has 192 valence electrons. The fourth-order valence-corrected chi connectivity index (χ4v) is 6.14. The van der Waals surface area contributed by atoms with Crippen molar-refractivity contribution in [2.75, 3.05) is 7.11 Å². The highest BCUT2D eigenvalue weighted by Crippen LogP contribution is 2.31. The average molecular weight is 637 g/mol. The smallest absolute Gasteiger partial charge is 0.338 e. The van der Waals surface area contributed by atoms with Crippen molar-refractivity contribution in [2.45, 2.75) is 26.0 Å². The zero-order chi connectivity index (χ0) is 26.6. The standard InChI is InChI=1S/C30H25IN2O4S/c1-3-23-26(29(35)36-2)27(21-12-8-5-9-13-21)33-28(34)25(38-30(33)32-23)17-20-14-15-24(22(31)16-20)37-18-19-10-6-4-7-11-19/h4-17,27H,3,18H2,1-2H3/b25-17-/t27-/m0/s1. The van der Waals surface area contributed by atoms with Crippen molar-refractivity contribution in [3.05, 3.63) is 130 Å². The molecule has 0 saturated carbocycles. The molecule has 3 aromatic carbocycles. The molecule has 4 aromatic rings. The number of rotatable bonds is 7. The lowest BCUT2D eigenvalue weighted by Gasteiger charge is -2.25. The van der Waals surface area contributed by atoms with Crippen molar-refractivity contribution < 1.29 is 14.3 Å². The lowest BCUT2D eigenvalue weighted by Crippen LogP contribution is -2.40. The second kappa shape index (κ2) is 11.5. The van der Waals surface area contributed by atoms with Crippen LogP contribution in [0.15, 0.2) is 99.9 Å². The normalized spacial score (nSPS) is 15.1. The van der Waals surface area contributed by atoms with Crippen LogP contribution in [0.25, 0.3) is 6.08 Å². The van der Waals surface area contributed by atoms with Gasteiger partial charge < -0.3 is 9.47 Å². The van der Waals surface area contributed by atoms with E-state index in [9.17, 15) is 9.59 Å². The monoisotopic (exact) mass is 636 g/mol. The third-order valence-corrected chi connectivity index (χ3v) is 8.08. The number of hydrogen-bond acceptors (Lipinski definition) is 6. The molecule has 0 fully saturated rings. The molecule has 0 bridgehead atoms. The van der Waals surface area contributed by atoms with Gasteiger partial charge >= 0.3 is 5.97 Å². The Morgan fingerprint density at radius 1 is 1.08 bits per heavy atom. The minimum Gasteiger partial charge on any atom is -0.488 e. The van der Waals surface area contributed by atoms with Crippen molar-refractivity contribution in [2.24, 2.45) is 4.99 Å². The molecule has 38 heavy (non-hydrogen) atoms. The molecular weight excluding hydrogens is 611 g/mol. The highest BCUT2D eigenvalue weighted by atomic mass is 127. The quantitative estimate of drug-likeness (QED) is 0.212. The Kier molecular flexibility index (Phi) is 7.90. The number of thiazole rings is 1. The number of nitrogens with zero attached hydrogens (tertiary/aromatic N) is 2. The van der Waals surface area contributed by atoms with Crippen LogP contribution < -0.4 is 19.6 Å². The SMILES string of the molecule is CCC1=C(C(=O)OC)[C@H](c2ccccc2)n2c(s/c(=C\c3ccc(OCc4ccccc4)c(I)c3)c2=O)=N1. The summed E-state index contributed by atoms with van der Waals surface area (Å²) in [4.78, 5) is 31.9. The van der Waals surface area contributed by atoms with Crippen LogP contribution in [0.3, 0.4) is 0 Å². The van der Waals surface area contributed by atoms with E-state index in [0.29, 0.717) is 33.6 Å². The van der Waals surface area contributed by atoms with Crippen LogP contribution in [0.1, 0.15) is 36.1 Å². The summed E-state index contributed by atoms with van der Waals surface area (Å²) in [6.07, 6.45) is 2.41. The maximum absolute atomic E-state index is 13.7. The van der Waals surface area contributed by atoms with Crippen molar-refractivity contribution in [1.82, 2.24) is 4.57 Å². The Bertz CT molecular complexity index is 1690. The van der Waals surface area contributed by atoms with Gasteiger partial charge in [-0.15, -0.1) is 0 Å². The summed E-state index contributed by atoms with van der Waals surface area (Å²) in [5.41, 5.74) is 3.64. The molecule has 0 radical (unpaired) electrons. The zero-order valence-electron chi connectivity index (χ0n) is 20.9. The summed E-state index contributed by atoms with van der Waals surface area (Å²) < 4.78 is 14.2. The highest BCUT2D eigenvalue weighted by molar-refractivity contribution is 14.1. The van der Waals surface area contributed by atoms with Gasteiger partial charge in [-0.25, -0.2) is 9.79 Å². The van der Waals surface area contributed by atoms with Gasteiger partial charge in [0.15, 0.2) is 4.80 Å². The number of esters is 1. The summed E-state index contributed by atoms with van der Waals surface area (Å²) in [7, 11) is 1.35. The number of carbonyl (C=O) groups excluding carboxylic acids is 1. The molecule has 1 aliphatic rings. The first-order valence-corrected chi connectivity index (χ1v) is 14.0. The summed E-state index contributed by atoms with van der Waals surface area (Å²) in [5.74, 6) is 0.307. The first kappa shape index (κ1) is 26.1. The summed E-state index contributed by atoms with van der Waals surface area (Å²) in [6, 6.07) is 24.8. The molecule has 1 aromatic heterocycles. The van der Waals surface area contributed by atoms with E-state index in [1.807, 2.05) is 91.9 Å². The second-order valence-corrected chi connectivity index (χ2v) is 10.8. The van der Waals surface area contributed by atoms with Gasteiger partial charge in [0, 0.05) is 0 Å². The van der Waals surface area contributed by atoms with E-state index < -0.39 is 12.0 Å². The van der Waals surface area contributed by atoms with Crippen LogP contribution in [0.4, 0.5) is 0 Å². The topological polar surface area (TPSA) is 69.9 Å². The first-order chi connectivity index (χ1) is 18.5. The molecule has 6 nitrogen and oxygen atoms in total. The average Bonchev–Trinajstić information content (AvgIpc) is 3.26. The third kappa shape index (κ3) is 5.23. The minimum atomic E-state index is -0.606. The summed E-state index contributed by atoms with van der Waals surface area (Å²) in [6.45, 7) is 2.43. The Hall–Kier alpha value is -3.50. The maximum atomic E-state index is 13.7. The maximum Gasteiger partial charge on any atom is 0.338 e. The molecule has 0 unspecified atom stereocenters. The molecule has 1 aliphatic heterocycles. The number of ether oxygens (including phenoxy) is 2. The van der Waals surface area contributed by atoms with Crippen LogP contribution in [0.5, 0.6) is 5.75 Å². The van der Waals surface area contributed by atoms with Crippen molar-refractivity contribution in [3.63, 3.8) is 0 Å². The Morgan fingerprint density at radius 2 is 1.79 bits per heavy atom. The minimum absolute atomic E-state index is 0.196. The van der Waals surface area contributed by atoms with Crippen LogP contribution in [-0.2, 0) is 16.1 Å². The van der Waals surface area contributed by atoms with E-state index >= 15 is 0 Å². The third-order valence-electron chi connectivity index (χ3n) is 6.26. The van der Waals surface area contributed by atoms with Gasteiger partial charge in [-0.3, -0.25) is 9.36 Å². The molecule has 0 N–H and O–H groups in total. The molecule has 5 rings (SSSR count). The van der Waals surface area contributed by atoms with Crippen molar-refractivity contribution in [3.8, 4) is 5.75 Å². The fourth-order valence-electron chi connectivity index (χ4n) is 4.43. The van der Waals surface area contributed by atoms with Crippen LogP contribution in [-0.4, -0.2) is 17.6 Å². The molecular formula is C30H25IN2O4S. The number of methoxy groups -OCH3 is 1. The lowest BCUT2D eigenvalue weighted by atomic mass is 9.95. The van der Waals surface area contributed by atoms with Crippen LogP contribution in [0, 0.1) is 3.57 Å². The summed E-state index contributed by atoms with van der Waals surface area (Å²) >= 11 is 3.57. The van der Waals surface area contributed by atoms with E-state index in [0.717, 1.165) is 26.0 Å². The molecule has 0 aliphatic carbocycles. The molecule has 2 heterocycles. The number of fused-ring (bicyclic) bond motifs is 1. The van der Waals surface area contributed by atoms with Crippen LogP contribution >= 0.6 is 33.9 Å². The van der Waals surface area contributed by atoms with E-state index in [-0.39, 0.29) is 5.56 Å².